The lowest BCUT2D eigenvalue weighted by atomic mass is 9.85. The first-order valence-electron chi connectivity index (χ1n) is 22.2. The number of hydrogen-bond donors (Lipinski definition) is 0. The molecule has 0 fully saturated rings. The molecule has 0 radical (unpaired) electrons. The van der Waals surface area contributed by atoms with Crippen LogP contribution in [0.3, 0.4) is 0 Å². The van der Waals surface area contributed by atoms with Crippen molar-refractivity contribution in [1.29, 1.82) is 0 Å². The van der Waals surface area contributed by atoms with Gasteiger partial charge in [-0.3, -0.25) is 9.97 Å². The van der Waals surface area contributed by atoms with Gasteiger partial charge < -0.3 is 9.13 Å². The van der Waals surface area contributed by atoms with Gasteiger partial charge in [-0.05, 0) is 165 Å². The highest BCUT2D eigenvalue weighted by molar-refractivity contribution is 6.23. The van der Waals surface area contributed by atoms with Crippen LogP contribution in [0.2, 0.25) is 0 Å². The van der Waals surface area contributed by atoms with Crippen molar-refractivity contribution in [2.75, 3.05) is 0 Å². The van der Waals surface area contributed by atoms with Crippen LogP contribution in [0, 0.1) is 23.3 Å². The van der Waals surface area contributed by atoms with Gasteiger partial charge in [-0.2, -0.15) is 0 Å². The van der Waals surface area contributed by atoms with Gasteiger partial charge in [0.25, 0.3) is 0 Å². The van der Waals surface area contributed by atoms with E-state index < -0.39 is 23.3 Å². The fourth-order valence-corrected chi connectivity index (χ4v) is 10.3. The molecule has 0 aliphatic rings. The molecule has 0 aliphatic heterocycles. The van der Waals surface area contributed by atoms with Crippen LogP contribution in [0.25, 0.3) is 121 Å². The van der Waals surface area contributed by atoms with Gasteiger partial charge >= 0.3 is 0 Å². The minimum atomic E-state index is -0.402. The zero-order valence-electron chi connectivity index (χ0n) is 35.9. The van der Waals surface area contributed by atoms with Gasteiger partial charge in [-0.15, -0.1) is 0 Å². The van der Waals surface area contributed by atoms with E-state index in [4.69, 9.17) is 0 Å². The maximum Gasteiger partial charge on any atom is 0.123 e. The van der Waals surface area contributed by atoms with Gasteiger partial charge in [-0.1, -0.05) is 72.8 Å². The second-order valence-electron chi connectivity index (χ2n) is 17.1. The fourth-order valence-electron chi connectivity index (χ4n) is 10.3. The highest BCUT2D eigenvalue weighted by Gasteiger charge is 2.22. The first kappa shape index (κ1) is 39.5. The normalized spacial score (nSPS) is 11.8. The molecule has 9 aromatic carbocycles. The third kappa shape index (κ3) is 6.29. The Morgan fingerprint density at radius 2 is 0.618 bits per heavy atom. The zero-order chi connectivity index (χ0) is 45.6. The van der Waals surface area contributed by atoms with Crippen molar-refractivity contribution < 1.29 is 17.6 Å². The van der Waals surface area contributed by atoms with E-state index in [9.17, 15) is 17.6 Å². The molecule has 4 nitrogen and oxygen atoms in total. The van der Waals surface area contributed by atoms with Crippen LogP contribution in [0.5, 0.6) is 0 Å². The molecule has 13 rings (SSSR count). The van der Waals surface area contributed by atoms with Crippen LogP contribution in [0.1, 0.15) is 0 Å². The number of nitrogens with zero attached hydrogens (tertiary/aromatic N) is 4. The standard InChI is InChI=1S/C60H34F4N4/c61-39-15-23-55-47(29-39)48-30-40(62)16-24-56(48)67(55)43-20-22-46-51(33-43)59(37-11-7-35(8-12-37)53-5-1-3-27-65-53)45-21-19-44(68-57-25-17-41(63)31-49(57)50-32-42(64)18-26-58(50)68)34-52(45)60(46)38-13-9-36(10-14-38)54-6-2-4-28-66-54/h1-34H. The molecule has 13 aromatic rings. The molecule has 68 heavy (non-hydrogen) atoms. The van der Waals surface area contributed by atoms with Crippen molar-refractivity contribution in [1.82, 2.24) is 19.1 Å². The SMILES string of the molecule is Fc1ccc2c(c1)c1cc(F)ccc1n2-c1ccc2c(-c3ccc(-c4ccccn4)cc3)c3cc(-n4c5ccc(F)cc5c5cc(F)ccc54)ccc3c(-c3ccc(-c4ccccn4)cc3)c2c1. The zero-order valence-corrected chi connectivity index (χ0v) is 35.9. The quantitative estimate of drug-likeness (QED) is 0.123. The van der Waals surface area contributed by atoms with Gasteiger partial charge in [-0.25, -0.2) is 17.6 Å². The van der Waals surface area contributed by atoms with E-state index in [1.165, 1.54) is 48.5 Å². The molecule has 8 heteroatoms. The topological polar surface area (TPSA) is 35.6 Å². The molecular weight excluding hydrogens is 853 g/mol. The number of halogens is 4. The number of pyridine rings is 2. The smallest absolute Gasteiger partial charge is 0.123 e. The molecule has 0 amide bonds. The Balaban J connectivity index is 1.14. The summed E-state index contributed by atoms with van der Waals surface area (Å²) >= 11 is 0. The third-order valence-electron chi connectivity index (χ3n) is 13.2. The summed E-state index contributed by atoms with van der Waals surface area (Å²) in [6, 6.07) is 59.9. The Morgan fingerprint density at radius 1 is 0.279 bits per heavy atom. The number of aromatic nitrogens is 4. The van der Waals surface area contributed by atoms with E-state index in [2.05, 4.69) is 104 Å². The molecule has 0 atom stereocenters. The van der Waals surface area contributed by atoms with Crippen molar-refractivity contribution in [3.8, 4) is 56.1 Å². The molecular formula is C60H34F4N4. The van der Waals surface area contributed by atoms with Gasteiger partial charge in [0.2, 0.25) is 0 Å². The van der Waals surface area contributed by atoms with E-state index >= 15 is 0 Å². The Kier molecular flexibility index (Phi) is 8.92. The number of benzene rings is 9. The summed E-state index contributed by atoms with van der Waals surface area (Å²) in [7, 11) is 0. The van der Waals surface area contributed by atoms with E-state index in [0.29, 0.717) is 21.5 Å². The van der Waals surface area contributed by atoms with Crippen LogP contribution in [-0.4, -0.2) is 19.1 Å². The average molecular weight is 887 g/mol. The van der Waals surface area contributed by atoms with E-state index in [0.717, 1.165) is 99.8 Å². The lowest BCUT2D eigenvalue weighted by Crippen LogP contribution is -1.98. The summed E-state index contributed by atoms with van der Waals surface area (Å²) in [6.07, 6.45) is 3.57. The Hall–Kier alpha value is -8.88. The molecule has 0 unspecified atom stereocenters. The molecule has 0 saturated heterocycles. The van der Waals surface area contributed by atoms with Crippen LogP contribution in [0.4, 0.5) is 17.6 Å². The second-order valence-corrected chi connectivity index (χ2v) is 17.1. The highest BCUT2D eigenvalue weighted by atomic mass is 19.1. The Bertz CT molecular complexity index is 3770. The van der Waals surface area contributed by atoms with Gasteiger partial charge in [0.05, 0.1) is 33.5 Å². The Morgan fingerprint density at radius 3 is 0.941 bits per heavy atom. The van der Waals surface area contributed by atoms with Crippen LogP contribution in [-0.2, 0) is 0 Å². The predicted octanol–water partition coefficient (Wildman–Crippen LogP) is 16.2. The molecule has 4 heterocycles. The summed E-state index contributed by atoms with van der Waals surface area (Å²) < 4.78 is 63.7. The van der Waals surface area contributed by atoms with Gasteiger partial charge in [0.1, 0.15) is 23.3 Å². The fraction of sp³-hybridized carbons (Fsp3) is 0. The molecule has 322 valence electrons. The lowest BCUT2D eigenvalue weighted by Gasteiger charge is -2.21. The van der Waals surface area contributed by atoms with Gasteiger partial charge in [0.15, 0.2) is 0 Å². The highest BCUT2D eigenvalue weighted by Crippen LogP contribution is 2.47. The number of hydrogen-bond acceptors (Lipinski definition) is 2. The lowest BCUT2D eigenvalue weighted by molar-refractivity contribution is 0.628. The average Bonchev–Trinajstić information content (AvgIpc) is 3.86. The van der Waals surface area contributed by atoms with Gasteiger partial charge in [0, 0.05) is 56.4 Å². The maximum atomic E-state index is 14.9. The molecule has 4 aromatic heterocycles. The van der Waals surface area contributed by atoms with Crippen molar-refractivity contribution in [2.24, 2.45) is 0 Å². The molecule has 0 spiro atoms. The van der Waals surface area contributed by atoms with Crippen LogP contribution < -0.4 is 0 Å². The predicted molar refractivity (Wildman–Crippen MR) is 267 cm³/mol. The molecule has 0 aliphatic carbocycles. The van der Waals surface area contributed by atoms with Crippen molar-refractivity contribution >= 4 is 65.2 Å². The summed E-state index contributed by atoms with van der Waals surface area (Å²) in [6.45, 7) is 0. The molecule has 0 bridgehead atoms. The second kappa shape index (κ2) is 15.4. The molecule has 0 N–H and O–H groups in total. The maximum absolute atomic E-state index is 14.9. The summed E-state index contributed by atoms with van der Waals surface area (Å²) in [5, 5.41) is 6.30. The summed E-state index contributed by atoms with van der Waals surface area (Å²) in [5.41, 5.74) is 12.2. The van der Waals surface area contributed by atoms with Crippen LogP contribution in [0.15, 0.2) is 207 Å². The largest absolute Gasteiger partial charge is 0.309 e. The third-order valence-corrected chi connectivity index (χ3v) is 13.2. The monoisotopic (exact) mass is 886 g/mol. The molecule has 0 saturated carbocycles. The number of rotatable bonds is 6. The van der Waals surface area contributed by atoms with E-state index in [1.54, 1.807) is 36.7 Å². The van der Waals surface area contributed by atoms with Crippen molar-refractivity contribution in [3.05, 3.63) is 230 Å². The van der Waals surface area contributed by atoms with Crippen molar-refractivity contribution in [3.63, 3.8) is 0 Å². The van der Waals surface area contributed by atoms with E-state index in [-0.39, 0.29) is 0 Å². The van der Waals surface area contributed by atoms with Crippen LogP contribution >= 0.6 is 0 Å². The first-order valence-corrected chi connectivity index (χ1v) is 22.2. The van der Waals surface area contributed by atoms with E-state index in [1.807, 2.05) is 36.4 Å². The minimum Gasteiger partial charge on any atom is -0.309 e. The first-order chi connectivity index (χ1) is 33.3. The Labute approximate surface area is 386 Å². The summed E-state index contributed by atoms with van der Waals surface area (Å²) in [5.74, 6) is -1.61. The van der Waals surface area contributed by atoms with Crippen molar-refractivity contribution in [2.45, 2.75) is 0 Å². The number of fused-ring (bicyclic) bond motifs is 8. The summed E-state index contributed by atoms with van der Waals surface area (Å²) in [4.78, 5) is 9.22. The minimum absolute atomic E-state index is 0.402.